The van der Waals surface area contributed by atoms with Crippen molar-refractivity contribution in [2.24, 2.45) is 0 Å². The average Bonchev–Trinajstić information content (AvgIpc) is 2.59. The zero-order valence-corrected chi connectivity index (χ0v) is 14.7. The first-order valence-electron chi connectivity index (χ1n) is 8.08. The molecule has 25 heavy (non-hydrogen) atoms. The van der Waals surface area contributed by atoms with Gasteiger partial charge in [-0.1, -0.05) is 0 Å². The Morgan fingerprint density at radius 3 is 2.48 bits per heavy atom. The van der Waals surface area contributed by atoms with E-state index in [1.165, 1.54) is 13.3 Å². The molecule has 1 amide bonds. The summed E-state index contributed by atoms with van der Waals surface area (Å²) in [6.07, 6.45) is 2.22. The van der Waals surface area contributed by atoms with E-state index in [0.29, 0.717) is 23.6 Å². The highest BCUT2D eigenvalue weighted by atomic mass is 16.1. The predicted molar refractivity (Wildman–Crippen MR) is 97.3 cm³/mol. The molecule has 1 heterocycles. The third kappa shape index (κ3) is 5.96. The summed E-state index contributed by atoms with van der Waals surface area (Å²) >= 11 is 0. The van der Waals surface area contributed by atoms with Crippen LogP contribution >= 0.6 is 0 Å². The molecule has 1 aromatic carbocycles. The largest absolute Gasteiger partial charge is 0.351 e. The van der Waals surface area contributed by atoms with Crippen LogP contribution in [0.25, 0.3) is 0 Å². The molecule has 0 aliphatic rings. The summed E-state index contributed by atoms with van der Waals surface area (Å²) in [6, 6.07) is 8.66. The average molecular weight is 341 g/mol. The van der Waals surface area contributed by atoms with Crippen molar-refractivity contribution in [3.63, 3.8) is 0 Å². The number of amides is 1. The predicted octanol–water partition coefficient (Wildman–Crippen LogP) is 2.10. The van der Waals surface area contributed by atoms with Gasteiger partial charge in [0.1, 0.15) is 17.8 Å². The van der Waals surface area contributed by atoms with Gasteiger partial charge in [0.05, 0.1) is 0 Å². The van der Waals surface area contributed by atoms with Gasteiger partial charge in [0.15, 0.2) is 5.78 Å². The molecule has 0 radical (unpaired) electrons. The second-order valence-corrected chi connectivity index (χ2v) is 5.96. The smallest absolute Gasteiger partial charge is 0.270 e. The fourth-order valence-corrected chi connectivity index (χ4v) is 2.17. The number of aromatic nitrogens is 2. The molecule has 0 fully saturated rings. The summed E-state index contributed by atoms with van der Waals surface area (Å²) < 4.78 is 0. The van der Waals surface area contributed by atoms with Crippen LogP contribution in [-0.2, 0) is 0 Å². The van der Waals surface area contributed by atoms with Crippen molar-refractivity contribution < 1.29 is 9.59 Å². The number of hydrogen-bond donors (Lipinski definition) is 2. The van der Waals surface area contributed by atoms with Crippen LogP contribution in [0.2, 0.25) is 0 Å². The fourth-order valence-electron chi connectivity index (χ4n) is 2.17. The van der Waals surface area contributed by atoms with Crippen LogP contribution in [0.5, 0.6) is 0 Å². The first-order chi connectivity index (χ1) is 12.0. The molecule has 2 aromatic rings. The Balaban J connectivity index is 1.96. The normalized spacial score (nSPS) is 10.6. The summed E-state index contributed by atoms with van der Waals surface area (Å²) in [5, 5.41) is 5.94. The highest BCUT2D eigenvalue weighted by Crippen LogP contribution is 2.15. The molecule has 2 rings (SSSR count). The van der Waals surface area contributed by atoms with Crippen molar-refractivity contribution >= 4 is 23.2 Å². The molecule has 0 aliphatic heterocycles. The van der Waals surface area contributed by atoms with Crippen molar-refractivity contribution in [3.8, 4) is 0 Å². The summed E-state index contributed by atoms with van der Waals surface area (Å²) in [5.41, 5.74) is 1.73. The van der Waals surface area contributed by atoms with Crippen molar-refractivity contribution in [3.05, 3.63) is 47.9 Å². The second kappa shape index (κ2) is 8.89. The first kappa shape index (κ1) is 18.5. The fraction of sp³-hybridized carbons (Fsp3) is 0.333. The summed E-state index contributed by atoms with van der Waals surface area (Å²) in [7, 11) is 3.99. The summed E-state index contributed by atoms with van der Waals surface area (Å²) in [5.74, 6) is 0.307. The van der Waals surface area contributed by atoms with Gasteiger partial charge in [-0.2, -0.15) is 0 Å². The lowest BCUT2D eigenvalue weighted by Gasteiger charge is -2.10. The zero-order chi connectivity index (χ0) is 18.2. The molecule has 0 bridgehead atoms. The number of carbonyl (C=O) groups is 2. The number of carbonyl (C=O) groups excluding carboxylic acids is 2. The van der Waals surface area contributed by atoms with Gasteiger partial charge in [0, 0.05) is 23.9 Å². The molecule has 0 saturated heterocycles. The lowest BCUT2D eigenvalue weighted by Crippen LogP contribution is -2.27. The number of rotatable bonds is 8. The molecule has 0 aliphatic carbocycles. The molecule has 0 atom stereocenters. The first-order valence-corrected chi connectivity index (χ1v) is 8.08. The quantitative estimate of drug-likeness (QED) is 0.565. The van der Waals surface area contributed by atoms with E-state index in [9.17, 15) is 9.59 Å². The highest BCUT2D eigenvalue weighted by Gasteiger charge is 2.08. The van der Waals surface area contributed by atoms with Crippen LogP contribution in [0.1, 0.15) is 34.2 Å². The standard InChI is InChI=1S/C18H23N5O2/c1-13(24)14-5-7-15(8-6-14)22-17-11-16(20-12-21-17)18(25)19-9-4-10-23(2)3/h5-8,11-12H,4,9-10H2,1-3H3,(H,19,25)(H,20,21,22). The van der Waals surface area contributed by atoms with Crippen LogP contribution in [0, 0.1) is 0 Å². The third-order valence-corrected chi connectivity index (χ3v) is 3.53. The van der Waals surface area contributed by atoms with Gasteiger partial charge in [0.25, 0.3) is 5.91 Å². The van der Waals surface area contributed by atoms with Crippen LogP contribution < -0.4 is 10.6 Å². The molecule has 7 heteroatoms. The van der Waals surface area contributed by atoms with Gasteiger partial charge in [-0.25, -0.2) is 9.97 Å². The number of anilines is 2. The lowest BCUT2D eigenvalue weighted by molar-refractivity contribution is 0.0946. The minimum Gasteiger partial charge on any atom is -0.351 e. The number of benzene rings is 1. The molecular formula is C18H23N5O2. The van der Waals surface area contributed by atoms with Gasteiger partial charge in [-0.3, -0.25) is 9.59 Å². The van der Waals surface area contributed by atoms with Crippen molar-refractivity contribution in [1.29, 1.82) is 0 Å². The minimum atomic E-state index is -0.226. The van der Waals surface area contributed by atoms with Crippen LogP contribution in [-0.4, -0.2) is 53.7 Å². The van der Waals surface area contributed by atoms with Gasteiger partial charge in [-0.15, -0.1) is 0 Å². The monoisotopic (exact) mass is 341 g/mol. The number of hydrogen-bond acceptors (Lipinski definition) is 6. The number of nitrogens with one attached hydrogen (secondary N) is 2. The number of nitrogens with zero attached hydrogens (tertiary/aromatic N) is 3. The topological polar surface area (TPSA) is 87.2 Å². The maximum absolute atomic E-state index is 12.1. The Morgan fingerprint density at radius 2 is 1.84 bits per heavy atom. The van der Waals surface area contributed by atoms with Crippen LogP contribution in [0.3, 0.4) is 0 Å². The Labute approximate surface area is 147 Å². The van der Waals surface area contributed by atoms with E-state index in [1.807, 2.05) is 14.1 Å². The molecule has 0 unspecified atom stereocenters. The molecule has 0 saturated carbocycles. The Morgan fingerprint density at radius 1 is 1.12 bits per heavy atom. The van der Waals surface area contributed by atoms with Crippen molar-refractivity contribution in [2.45, 2.75) is 13.3 Å². The maximum Gasteiger partial charge on any atom is 0.270 e. The molecule has 2 N–H and O–H groups in total. The van der Waals surface area contributed by atoms with Gasteiger partial charge in [0.2, 0.25) is 0 Å². The second-order valence-electron chi connectivity index (χ2n) is 5.96. The maximum atomic E-state index is 12.1. The molecule has 132 valence electrons. The third-order valence-electron chi connectivity index (χ3n) is 3.53. The van der Waals surface area contributed by atoms with E-state index in [-0.39, 0.29) is 11.7 Å². The molecule has 0 spiro atoms. The van der Waals surface area contributed by atoms with E-state index >= 15 is 0 Å². The molecule has 7 nitrogen and oxygen atoms in total. The van der Waals surface area contributed by atoms with E-state index in [4.69, 9.17) is 0 Å². The number of ketones is 1. The summed E-state index contributed by atoms with van der Waals surface area (Å²) in [4.78, 5) is 33.6. The van der Waals surface area contributed by atoms with E-state index in [0.717, 1.165) is 18.7 Å². The van der Waals surface area contributed by atoms with Crippen LogP contribution in [0.15, 0.2) is 36.7 Å². The zero-order valence-electron chi connectivity index (χ0n) is 14.7. The van der Waals surface area contributed by atoms with Crippen molar-refractivity contribution in [2.75, 3.05) is 32.5 Å². The highest BCUT2D eigenvalue weighted by molar-refractivity contribution is 5.94. The number of Topliss-reactive ketones (excluding diaryl/α,β-unsaturated/α-hetero) is 1. The van der Waals surface area contributed by atoms with Crippen LogP contribution in [0.4, 0.5) is 11.5 Å². The van der Waals surface area contributed by atoms with Gasteiger partial charge < -0.3 is 15.5 Å². The van der Waals surface area contributed by atoms with Gasteiger partial charge >= 0.3 is 0 Å². The molecule has 1 aromatic heterocycles. The molecular weight excluding hydrogens is 318 g/mol. The van der Waals surface area contributed by atoms with Crippen molar-refractivity contribution in [1.82, 2.24) is 20.2 Å². The Kier molecular flexibility index (Phi) is 6.59. The van der Waals surface area contributed by atoms with Gasteiger partial charge in [-0.05, 0) is 58.3 Å². The lowest BCUT2D eigenvalue weighted by atomic mass is 10.1. The summed E-state index contributed by atoms with van der Waals surface area (Å²) in [6.45, 7) is 3.03. The van der Waals surface area contributed by atoms with E-state index in [1.54, 1.807) is 30.3 Å². The van der Waals surface area contributed by atoms with E-state index in [2.05, 4.69) is 25.5 Å². The Bertz CT molecular complexity index is 729. The SMILES string of the molecule is CC(=O)c1ccc(Nc2cc(C(=O)NCCCN(C)C)ncn2)cc1. The minimum absolute atomic E-state index is 0.0156. The Hall–Kier alpha value is -2.80. The van der Waals surface area contributed by atoms with E-state index < -0.39 is 0 Å².